The third-order valence-corrected chi connectivity index (χ3v) is 3.35. The first-order valence-corrected chi connectivity index (χ1v) is 5.71. The Bertz CT molecular complexity index is 363. The highest BCUT2D eigenvalue weighted by Crippen LogP contribution is 2.25. The van der Waals surface area contributed by atoms with E-state index in [1.54, 1.807) is 4.90 Å². The van der Waals surface area contributed by atoms with Crippen LogP contribution in [0.15, 0.2) is 30.3 Å². The van der Waals surface area contributed by atoms with Crippen LogP contribution in [0.25, 0.3) is 0 Å². The van der Waals surface area contributed by atoms with Crippen LogP contribution in [-0.4, -0.2) is 35.1 Å². The summed E-state index contributed by atoms with van der Waals surface area (Å²) in [5.74, 6) is 0.418. The molecular formula is C13H17NO2. The maximum absolute atomic E-state index is 12.2. The highest BCUT2D eigenvalue weighted by molar-refractivity contribution is 5.94. The lowest BCUT2D eigenvalue weighted by molar-refractivity contribution is 0.0648. The molecule has 2 rings (SSSR count). The molecule has 1 saturated heterocycles. The number of hydrogen-bond acceptors (Lipinski definition) is 2. The number of nitrogens with zero attached hydrogens (tertiary/aromatic N) is 1. The molecular weight excluding hydrogens is 202 g/mol. The first kappa shape index (κ1) is 11.1. The largest absolute Gasteiger partial charge is 0.394 e. The van der Waals surface area contributed by atoms with Gasteiger partial charge in [-0.05, 0) is 24.5 Å². The van der Waals surface area contributed by atoms with Crippen molar-refractivity contribution in [1.29, 1.82) is 0 Å². The lowest BCUT2D eigenvalue weighted by Crippen LogP contribution is -2.39. The van der Waals surface area contributed by atoms with Crippen molar-refractivity contribution in [3.63, 3.8) is 0 Å². The minimum absolute atomic E-state index is 0.0206. The van der Waals surface area contributed by atoms with E-state index in [-0.39, 0.29) is 18.6 Å². The van der Waals surface area contributed by atoms with Crippen molar-refractivity contribution in [1.82, 2.24) is 4.90 Å². The van der Waals surface area contributed by atoms with Crippen LogP contribution in [0.2, 0.25) is 0 Å². The Labute approximate surface area is 95.7 Å². The lowest BCUT2D eigenvalue weighted by atomic mass is 10.0. The molecule has 0 bridgehead atoms. The van der Waals surface area contributed by atoms with Gasteiger partial charge in [-0.15, -0.1) is 0 Å². The van der Waals surface area contributed by atoms with E-state index in [4.69, 9.17) is 0 Å². The van der Waals surface area contributed by atoms with E-state index in [0.717, 1.165) is 13.0 Å². The third-order valence-electron chi connectivity index (χ3n) is 3.35. The highest BCUT2D eigenvalue weighted by Gasteiger charge is 2.33. The van der Waals surface area contributed by atoms with Gasteiger partial charge >= 0.3 is 0 Å². The fourth-order valence-electron chi connectivity index (χ4n) is 2.29. The van der Waals surface area contributed by atoms with E-state index in [2.05, 4.69) is 6.92 Å². The predicted octanol–water partition coefficient (Wildman–Crippen LogP) is 1.53. The van der Waals surface area contributed by atoms with Gasteiger partial charge in [-0.2, -0.15) is 0 Å². The molecule has 0 saturated carbocycles. The molecule has 2 unspecified atom stereocenters. The first-order valence-electron chi connectivity index (χ1n) is 5.71. The third kappa shape index (κ3) is 1.95. The van der Waals surface area contributed by atoms with Gasteiger partial charge in [-0.3, -0.25) is 4.79 Å². The van der Waals surface area contributed by atoms with E-state index in [1.807, 2.05) is 30.3 Å². The van der Waals surface area contributed by atoms with Crippen molar-refractivity contribution in [2.24, 2.45) is 5.92 Å². The smallest absolute Gasteiger partial charge is 0.254 e. The molecule has 16 heavy (non-hydrogen) atoms. The summed E-state index contributed by atoms with van der Waals surface area (Å²) in [6, 6.07) is 9.24. The average molecular weight is 219 g/mol. The van der Waals surface area contributed by atoms with Crippen molar-refractivity contribution in [2.45, 2.75) is 19.4 Å². The zero-order valence-corrected chi connectivity index (χ0v) is 9.47. The molecule has 1 heterocycles. The van der Waals surface area contributed by atoms with Crippen LogP contribution in [0.5, 0.6) is 0 Å². The first-order chi connectivity index (χ1) is 7.74. The van der Waals surface area contributed by atoms with Gasteiger partial charge in [0.25, 0.3) is 5.91 Å². The fourth-order valence-corrected chi connectivity index (χ4v) is 2.29. The topological polar surface area (TPSA) is 40.5 Å². The van der Waals surface area contributed by atoms with E-state index in [0.29, 0.717) is 11.5 Å². The van der Waals surface area contributed by atoms with Crippen LogP contribution in [0.1, 0.15) is 23.7 Å². The van der Waals surface area contributed by atoms with Gasteiger partial charge in [0.2, 0.25) is 0 Å². The molecule has 3 heteroatoms. The second-order valence-corrected chi connectivity index (χ2v) is 4.38. The monoisotopic (exact) mass is 219 g/mol. The maximum atomic E-state index is 12.2. The molecule has 3 nitrogen and oxygen atoms in total. The number of rotatable bonds is 2. The second-order valence-electron chi connectivity index (χ2n) is 4.38. The van der Waals surface area contributed by atoms with Crippen LogP contribution >= 0.6 is 0 Å². The van der Waals surface area contributed by atoms with Crippen LogP contribution in [0.3, 0.4) is 0 Å². The van der Waals surface area contributed by atoms with Crippen molar-refractivity contribution in [3.8, 4) is 0 Å². The number of carbonyl (C=O) groups is 1. The summed E-state index contributed by atoms with van der Waals surface area (Å²) in [5.41, 5.74) is 0.704. The zero-order valence-electron chi connectivity index (χ0n) is 9.47. The van der Waals surface area contributed by atoms with E-state index in [9.17, 15) is 9.90 Å². The Morgan fingerprint density at radius 3 is 2.75 bits per heavy atom. The predicted molar refractivity (Wildman–Crippen MR) is 62.1 cm³/mol. The molecule has 1 fully saturated rings. The number of hydrogen-bond donors (Lipinski definition) is 1. The minimum atomic E-state index is -0.0206. The van der Waals surface area contributed by atoms with Crippen molar-refractivity contribution in [2.75, 3.05) is 13.2 Å². The van der Waals surface area contributed by atoms with E-state index >= 15 is 0 Å². The van der Waals surface area contributed by atoms with Gasteiger partial charge in [-0.1, -0.05) is 25.1 Å². The van der Waals surface area contributed by atoms with Crippen LogP contribution in [-0.2, 0) is 0 Å². The number of aliphatic hydroxyl groups excluding tert-OH is 1. The van der Waals surface area contributed by atoms with Crippen LogP contribution in [0, 0.1) is 5.92 Å². The standard InChI is InChI=1S/C13H17NO2/c1-10-7-8-14(12(10)9-15)13(16)11-5-3-2-4-6-11/h2-6,10,12,15H,7-9H2,1H3. The number of aliphatic hydroxyl groups is 1. The maximum Gasteiger partial charge on any atom is 0.254 e. The van der Waals surface area contributed by atoms with Crippen LogP contribution in [0.4, 0.5) is 0 Å². The number of likely N-dealkylation sites (tertiary alicyclic amines) is 1. The lowest BCUT2D eigenvalue weighted by Gasteiger charge is -2.25. The summed E-state index contributed by atoms with van der Waals surface area (Å²) < 4.78 is 0. The zero-order chi connectivity index (χ0) is 11.5. The SMILES string of the molecule is CC1CCN(C(=O)c2ccccc2)C1CO. The highest BCUT2D eigenvalue weighted by atomic mass is 16.3. The van der Waals surface area contributed by atoms with Crippen molar-refractivity contribution >= 4 is 5.91 Å². The van der Waals surface area contributed by atoms with Gasteiger partial charge in [0, 0.05) is 12.1 Å². The summed E-state index contributed by atoms with van der Waals surface area (Å²) in [6.07, 6.45) is 0.976. The molecule has 86 valence electrons. The molecule has 1 amide bonds. The van der Waals surface area contributed by atoms with Gasteiger partial charge in [0.05, 0.1) is 12.6 Å². The van der Waals surface area contributed by atoms with Gasteiger partial charge in [0.1, 0.15) is 0 Å². The van der Waals surface area contributed by atoms with Gasteiger partial charge in [0.15, 0.2) is 0 Å². The molecule has 1 aliphatic rings. The molecule has 0 aliphatic carbocycles. The number of amides is 1. The summed E-state index contributed by atoms with van der Waals surface area (Å²) >= 11 is 0. The minimum Gasteiger partial charge on any atom is -0.394 e. The quantitative estimate of drug-likeness (QED) is 0.819. The molecule has 2 atom stereocenters. The van der Waals surface area contributed by atoms with Gasteiger partial charge < -0.3 is 10.0 Å². The Kier molecular flexibility index (Phi) is 3.25. The Morgan fingerprint density at radius 1 is 1.44 bits per heavy atom. The molecule has 1 aromatic carbocycles. The van der Waals surface area contributed by atoms with E-state index in [1.165, 1.54) is 0 Å². The second kappa shape index (κ2) is 4.66. The normalized spacial score (nSPS) is 24.8. The summed E-state index contributed by atoms with van der Waals surface area (Å²) in [6.45, 7) is 2.89. The average Bonchev–Trinajstić information content (AvgIpc) is 2.70. The number of carbonyl (C=O) groups excluding carboxylic acids is 1. The van der Waals surface area contributed by atoms with Crippen molar-refractivity contribution in [3.05, 3.63) is 35.9 Å². The van der Waals surface area contributed by atoms with E-state index < -0.39 is 0 Å². The summed E-state index contributed by atoms with van der Waals surface area (Å²) in [7, 11) is 0. The molecule has 0 spiro atoms. The molecule has 0 aromatic heterocycles. The number of benzene rings is 1. The molecule has 1 aliphatic heterocycles. The van der Waals surface area contributed by atoms with Crippen molar-refractivity contribution < 1.29 is 9.90 Å². The molecule has 1 N–H and O–H groups in total. The summed E-state index contributed by atoms with van der Waals surface area (Å²) in [4.78, 5) is 14.0. The van der Waals surface area contributed by atoms with Gasteiger partial charge in [-0.25, -0.2) is 0 Å². The Morgan fingerprint density at radius 2 is 2.12 bits per heavy atom. The Hall–Kier alpha value is -1.35. The molecule has 0 radical (unpaired) electrons. The summed E-state index contributed by atoms with van der Waals surface area (Å²) in [5, 5.41) is 9.31. The Balaban J connectivity index is 2.17. The van der Waals surface area contributed by atoms with Crippen LogP contribution < -0.4 is 0 Å². The fraction of sp³-hybridized carbons (Fsp3) is 0.462. The molecule has 1 aromatic rings.